The average molecular weight is 292 g/mol. The standard InChI is InChI=1S/C15H24N4O2/c1-15(2)4-3-12(21-11-15)9-17-14(20)19-8-7-18-6-5-16-13(18)10-19/h5-6,12H,3-4,7-11H2,1-2H3,(H,17,20). The number of nitrogens with zero attached hydrogens (tertiary/aromatic N) is 3. The van der Waals surface area contributed by atoms with Crippen LogP contribution in [0.15, 0.2) is 12.4 Å². The summed E-state index contributed by atoms with van der Waals surface area (Å²) in [6.45, 7) is 7.94. The second kappa shape index (κ2) is 5.67. The number of hydrogen-bond acceptors (Lipinski definition) is 3. The Balaban J connectivity index is 1.45. The van der Waals surface area contributed by atoms with Gasteiger partial charge in [0.1, 0.15) is 5.82 Å². The molecule has 1 N–H and O–H groups in total. The van der Waals surface area contributed by atoms with Crippen LogP contribution in [0.1, 0.15) is 32.5 Å². The summed E-state index contributed by atoms with van der Waals surface area (Å²) < 4.78 is 7.92. The van der Waals surface area contributed by atoms with Crippen LogP contribution < -0.4 is 5.32 Å². The highest BCUT2D eigenvalue weighted by atomic mass is 16.5. The van der Waals surface area contributed by atoms with Crippen LogP contribution in [0.2, 0.25) is 0 Å². The van der Waals surface area contributed by atoms with E-state index in [1.165, 1.54) is 0 Å². The Labute approximate surface area is 125 Å². The van der Waals surface area contributed by atoms with Gasteiger partial charge in [-0.05, 0) is 18.3 Å². The molecule has 1 saturated heterocycles. The molecule has 1 aromatic heterocycles. The van der Waals surface area contributed by atoms with Gasteiger partial charge in [-0.15, -0.1) is 0 Å². The van der Waals surface area contributed by atoms with Crippen molar-refractivity contribution in [1.29, 1.82) is 0 Å². The molecule has 0 bridgehead atoms. The van der Waals surface area contributed by atoms with Crippen molar-refractivity contribution in [2.24, 2.45) is 5.41 Å². The highest BCUT2D eigenvalue weighted by molar-refractivity contribution is 5.74. The van der Waals surface area contributed by atoms with E-state index < -0.39 is 0 Å². The zero-order valence-electron chi connectivity index (χ0n) is 12.8. The monoisotopic (exact) mass is 292 g/mol. The number of carbonyl (C=O) groups excluding carboxylic acids is 1. The van der Waals surface area contributed by atoms with E-state index in [0.717, 1.165) is 38.4 Å². The smallest absolute Gasteiger partial charge is 0.317 e. The predicted molar refractivity (Wildman–Crippen MR) is 78.8 cm³/mol. The molecule has 116 valence electrons. The van der Waals surface area contributed by atoms with Crippen molar-refractivity contribution in [3.8, 4) is 0 Å². The lowest BCUT2D eigenvalue weighted by atomic mass is 9.85. The number of aromatic nitrogens is 2. The summed E-state index contributed by atoms with van der Waals surface area (Å²) in [7, 11) is 0. The van der Waals surface area contributed by atoms with E-state index in [2.05, 4.69) is 28.7 Å². The normalized spacial score (nSPS) is 24.5. The SMILES string of the molecule is CC1(C)CCC(CNC(=O)N2CCn3ccnc3C2)OC1. The van der Waals surface area contributed by atoms with E-state index in [4.69, 9.17) is 4.74 Å². The van der Waals surface area contributed by atoms with Crippen molar-refractivity contribution in [2.75, 3.05) is 19.7 Å². The third-order valence-electron chi connectivity index (χ3n) is 4.37. The first-order valence-corrected chi connectivity index (χ1v) is 7.68. The Morgan fingerprint density at radius 1 is 1.52 bits per heavy atom. The van der Waals surface area contributed by atoms with Gasteiger partial charge < -0.3 is 19.5 Å². The van der Waals surface area contributed by atoms with E-state index in [0.29, 0.717) is 13.1 Å². The molecule has 2 aliphatic heterocycles. The van der Waals surface area contributed by atoms with Gasteiger partial charge in [0.15, 0.2) is 0 Å². The van der Waals surface area contributed by atoms with Crippen LogP contribution in [0, 0.1) is 5.41 Å². The molecule has 21 heavy (non-hydrogen) atoms. The van der Waals surface area contributed by atoms with Crippen LogP contribution in [0.4, 0.5) is 4.79 Å². The quantitative estimate of drug-likeness (QED) is 0.901. The summed E-state index contributed by atoms with van der Waals surface area (Å²) in [4.78, 5) is 18.3. The second-order valence-electron chi connectivity index (χ2n) is 6.78. The fourth-order valence-corrected chi connectivity index (χ4v) is 2.87. The van der Waals surface area contributed by atoms with Crippen molar-refractivity contribution in [3.63, 3.8) is 0 Å². The minimum atomic E-state index is -0.0160. The largest absolute Gasteiger partial charge is 0.376 e. The minimum Gasteiger partial charge on any atom is -0.376 e. The molecule has 0 spiro atoms. The first kappa shape index (κ1) is 14.4. The number of hydrogen-bond donors (Lipinski definition) is 1. The Morgan fingerprint density at radius 3 is 3.14 bits per heavy atom. The van der Waals surface area contributed by atoms with E-state index >= 15 is 0 Å². The zero-order valence-corrected chi connectivity index (χ0v) is 12.8. The molecule has 1 unspecified atom stereocenters. The van der Waals surface area contributed by atoms with Gasteiger partial charge in [0, 0.05) is 32.0 Å². The number of nitrogens with one attached hydrogen (secondary N) is 1. The summed E-state index contributed by atoms with van der Waals surface area (Å²) >= 11 is 0. The summed E-state index contributed by atoms with van der Waals surface area (Å²) in [5.41, 5.74) is 0.268. The molecule has 6 heteroatoms. The molecule has 1 fully saturated rings. The van der Waals surface area contributed by atoms with Crippen LogP contribution in [-0.2, 0) is 17.8 Å². The molecule has 0 aliphatic carbocycles. The fourth-order valence-electron chi connectivity index (χ4n) is 2.87. The number of imidazole rings is 1. The van der Waals surface area contributed by atoms with Crippen molar-refractivity contribution in [3.05, 3.63) is 18.2 Å². The number of carbonyl (C=O) groups is 1. The highest BCUT2D eigenvalue weighted by Crippen LogP contribution is 2.29. The van der Waals surface area contributed by atoms with Gasteiger partial charge in [-0.1, -0.05) is 13.8 Å². The van der Waals surface area contributed by atoms with Gasteiger partial charge in [-0.2, -0.15) is 0 Å². The first-order valence-electron chi connectivity index (χ1n) is 7.68. The maximum absolute atomic E-state index is 12.2. The van der Waals surface area contributed by atoms with Crippen LogP contribution in [0.25, 0.3) is 0 Å². The number of fused-ring (bicyclic) bond motifs is 1. The lowest BCUT2D eigenvalue weighted by Gasteiger charge is -2.35. The molecule has 0 aromatic carbocycles. The number of ether oxygens (including phenoxy) is 1. The zero-order chi connectivity index (χ0) is 14.9. The Bertz CT molecular complexity index is 502. The van der Waals surface area contributed by atoms with Crippen LogP contribution in [0.5, 0.6) is 0 Å². The summed E-state index contributed by atoms with van der Waals surface area (Å²) in [6.07, 6.45) is 6.05. The van der Waals surface area contributed by atoms with Crippen molar-refractivity contribution in [2.45, 2.75) is 45.9 Å². The van der Waals surface area contributed by atoms with Crippen molar-refractivity contribution >= 4 is 6.03 Å². The lowest BCUT2D eigenvalue weighted by Crippen LogP contribution is -2.47. The van der Waals surface area contributed by atoms with Crippen LogP contribution >= 0.6 is 0 Å². The van der Waals surface area contributed by atoms with Gasteiger partial charge in [0.25, 0.3) is 0 Å². The number of urea groups is 1. The molecular weight excluding hydrogens is 268 g/mol. The molecular formula is C15H24N4O2. The minimum absolute atomic E-state index is 0.0160. The molecule has 2 aliphatic rings. The van der Waals surface area contributed by atoms with Crippen LogP contribution in [-0.4, -0.2) is 46.3 Å². The van der Waals surface area contributed by atoms with E-state index in [1.54, 1.807) is 6.20 Å². The highest BCUT2D eigenvalue weighted by Gasteiger charge is 2.28. The van der Waals surface area contributed by atoms with Gasteiger partial charge in [0.2, 0.25) is 0 Å². The molecule has 1 atom stereocenters. The van der Waals surface area contributed by atoms with Gasteiger partial charge >= 0.3 is 6.03 Å². The summed E-state index contributed by atoms with van der Waals surface area (Å²) in [5.74, 6) is 0.951. The van der Waals surface area contributed by atoms with E-state index in [1.807, 2.05) is 11.1 Å². The predicted octanol–water partition coefficient (Wildman–Crippen LogP) is 1.61. The van der Waals surface area contributed by atoms with Crippen LogP contribution in [0.3, 0.4) is 0 Å². The third-order valence-corrected chi connectivity index (χ3v) is 4.37. The van der Waals surface area contributed by atoms with Gasteiger partial charge in [-0.25, -0.2) is 9.78 Å². The molecule has 3 heterocycles. The Hall–Kier alpha value is -1.56. The average Bonchev–Trinajstić information content (AvgIpc) is 2.93. The Kier molecular flexibility index (Phi) is 3.89. The molecule has 0 saturated carbocycles. The summed E-state index contributed by atoms with van der Waals surface area (Å²) in [5, 5.41) is 3.00. The van der Waals surface area contributed by atoms with E-state index in [-0.39, 0.29) is 17.6 Å². The summed E-state index contributed by atoms with van der Waals surface area (Å²) in [6, 6.07) is -0.0160. The lowest BCUT2D eigenvalue weighted by molar-refractivity contribution is -0.0458. The second-order valence-corrected chi connectivity index (χ2v) is 6.78. The molecule has 2 amide bonds. The van der Waals surface area contributed by atoms with E-state index in [9.17, 15) is 4.79 Å². The maximum atomic E-state index is 12.2. The number of amides is 2. The molecule has 0 radical (unpaired) electrons. The number of rotatable bonds is 2. The third kappa shape index (κ3) is 3.37. The maximum Gasteiger partial charge on any atom is 0.317 e. The topological polar surface area (TPSA) is 59.4 Å². The molecule has 3 rings (SSSR count). The molecule has 1 aromatic rings. The molecule has 6 nitrogen and oxygen atoms in total. The van der Waals surface area contributed by atoms with Gasteiger partial charge in [0.05, 0.1) is 19.3 Å². The Morgan fingerprint density at radius 2 is 2.38 bits per heavy atom. The van der Waals surface area contributed by atoms with Gasteiger partial charge in [-0.3, -0.25) is 0 Å². The van der Waals surface area contributed by atoms with Crippen molar-refractivity contribution in [1.82, 2.24) is 19.8 Å². The van der Waals surface area contributed by atoms with Crippen molar-refractivity contribution < 1.29 is 9.53 Å². The fraction of sp³-hybridized carbons (Fsp3) is 0.733. The first-order chi connectivity index (χ1) is 10.0.